The van der Waals surface area contributed by atoms with Crippen molar-refractivity contribution < 1.29 is 23.5 Å². The second-order valence-corrected chi connectivity index (χ2v) is 10.6. The van der Waals surface area contributed by atoms with Gasteiger partial charge in [0.15, 0.2) is 11.7 Å². The van der Waals surface area contributed by atoms with E-state index in [2.05, 4.69) is 30.9 Å². The second kappa shape index (κ2) is 11.4. The van der Waals surface area contributed by atoms with Crippen LogP contribution < -0.4 is 16.0 Å². The standard InChI is InChI=1S/C27H30N6O5S/c1-4-14(2)21-27-32-20(13-39-27)24(36)29-17(10-16-8-6-5-7-9-16)26-31-18(12-38-26)22(34)28-15(3)25-30-19(11-37-25)23(35)33-21/h5-9,11,13-15,17-18,21H,4,10,12H2,1-3H3,(H,28,34)(H,29,36)(H,33,35)/t14-,15-,17+,18+,21+/m0/s1. The average molecular weight is 551 g/mol. The number of aliphatic imine (C=N–C) groups is 1. The number of oxazole rings is 1. The Bertz CT molecular complexity index is 1390. The largest absolute Gasteiger partial charge is 0.477 e. The average Bonchev–Trinajstić information content (AvgIpc) is 3.72. The zero-order valence-corrected chi connectivity index (χ0v) is 22.7. The van der Waals surface area contributed by atoms with E-state index in [9.17, 15) is 14.4 Å². The molecular weight excluding hydrogens is 520 g/mol. The van der Waals surface area contributed by atoms with Gasteiger partial charge in [0.2, 0.25) is 17.7 Å². The molecule has 1 aromatic carbocycles. The molecule has 39 heavy (non-hydrogen) atoms. The van der Waals surface area contributed by atoms with Crippen LogP contribution in [0.2, 0.25) is 0 Å². The highest BCUT2D eigenvalue weighted by Crippen LogP contribution is 2.28. The van der Waals surface area contributed by atoms with Gasteiger partial charge in [0.25, 0.3) is 11.8 Å². The van der Waals surface area contributed by atoms with Crippen LogP contribution in [0.4, 0.5) is 0 Å². The molecule has 204 valence electrons. The molecule has 0 saturated carbocycles. The van der Waals surface area contributed by atoms with Gasteiger partial charge in [-0.2, -0.15) is 0 Å². The van der Waals surface area contributed by atoms with Crippen molar-refractivity contribution in [2.24, 2.45) is 10.9 Å². The summed E-state index contributed by atoms with van der Waals surface area (Å²) in [4.78, 5) is 52.8. The summed E-state index contributed by atoms with van der Waals surface area (Å²) in [5.74, 6) is -0.702. The van der Waals surface area contributed by atoms with E-state index in [-0.39, 0.29) is 41.6 Å². The molecule has 0 aliphatic carbocycles. The molecule has 0 saturated heterocycles. The van der Waals surface area contributed by atoms with Crippen LogP contribution in [-0.4, -0.2) is 52.3 Å². The maximum atomic E-state index is 13.3. The molecule has 3 aromatic rings. The molecule has 3 amide bonds. The molecule has 4 heterocycles. The molecule has 2 aliphatic heterocycles. The van der Waals surface area contributed by atoms with E-state index in [1.807, 2.05) is 44.2 Å². The van der Waals surface area contributed by atoms with Crippen LogP contribution in [0.1, 0.15) is 76.7 Å². The van der Waals surface area contributed by atoms with Crippen molar-refractivity contribution in [3.8, 4) is 0 Å². The second-order valence-electron chi connectivity index (χ2n) is 9.72. The van der Waals surface area contributed by atoms with Gasteiger partial charge in [-0.05, 0) is 18.4 Å². The summed E-state index contributed by atoms with van der Waals surface area (Å²) in [6, 6.07) is 7.17. The molecule has 0 fully saturated rings. The highest BCUT2D eigenvalue weighted by Gasteiger charge is 2.34. The lowest BCUT2D eigenvalue weighted by molar-refractivity contribution is -0.123. The van der Waals surface area contributed by atoms with Crippen LogP contribution in [0.15, 0.2) is 51.4 Å². The number of carbonyl (C=O) groups excluding carboxylic acids is 3. The predicted molar refractivity (Wildman–Crippen MR) is 143 cm³/mol. The number of nitrogens with one attached hydrogen (secondary N) is 3. The molecule has 6 bridgehead atoms. The minimum Gasteiger partial charge on any atom is -0.477 e. The number of carbonyl (C=O) groups is 3. The number of hydrogen-bond acceptors (Lipinski definition) is 9. The van der Waals surface area contributed by atoms with Gasteiger partial charge in [0, 0.05) is 11.8 Å². The maximum Gasteiger partial charge on any atom is 0.273 e. The molecule has 2 aliphatic rings. The first kappa shape index (κ1) is 26.5. The quantitative estimate of drug-likeness (QED) is 0.452. The molecule has 0 unspecified atom stereocenters. The number of ether oxygens (including phenoxy) is 1. The van der Waals surface area contributed by atoms with Crippen LogP contribution >= 0.6 is 11.3 Å². The normalized spacial score (nSPS) is 24.4. The van der Waals surface area contributed by atoms with Crippen molar-refractivity contribution in [2.75, 3.05) is 6.61 Å². The van der Waals surface area contributed by atoms with E-state index < -0.39 is 36.0 Å². The molecule has 11 nitrogen and oxygen atoms in total. The van der Waals surface area contributed by atoms with E-state index in [1.165, 1.54) is 17.6 Å². The summed E-state index contributed by atoms with van der Waals surface area (Å²) >= 11 is 1.30. The monoisotopic (exact) mass is 550 g/mol. The highest BCUT2D eigenvalue weighted by molar-refractivity contribution is 7.09. The summed E-state index contributed by atoms with van der Waals surface area (Å²) in [5, 5.41) is 11.1. The van der Waals surface area contributed by atoms with E-state index in [0.717, 1.165) is 12.0 Å². The van der Waals surface area contributed by atoms with Crippen molar-refractivity contribution in [1.29, 1.82) is 0 Å². The van der Waals surface area contributed by atoms with Crippen molar-refractivity contribution in [1.82, 2.24) is 25.9 Å². The van der Waals surface area contributed by atoms with Crippen molar-refractivity contribution in [3.05, 3.63) is 69.8 Å². The Morgan fingerprint density at radius 3 is 2.59 bits per heavy atom. The summed E-state index contributed by atoms with van der Waals surface area (Å²) < 4.78 is 11.3. The first-order valence-electron chi connectivity index (χ1n) is 12.9. The lowest BCUT2D eigenvalue weighted by Gasteiger charge is -2.22. The third kappa shape index (κ3) is 5.85. The molecule has 2 aromatic heterocycles. The van der Waals surface area contributed by atoms with E-state index >= 15 is 0 Å². The van der Waals surface area contributed by atoms with E-state index in [0.29, 0.717) is 11.4 Å². The summed E-state index contributed by atoms with van der Waals surface area (Å²) in [6.07, 6.45) is 2.45. The fraction of sp³-hybridized carbons (Fsp3) is 0.407. The van der Waals surface area contributed by atoms with Crippen LogP contribution in [-0.2, 0) is 16.0 Å². The van der Waals surface area contributed by atoms with Gasteiger partial charge in [-0.3, -0.25) is 14.4 Å². The maximum absolute atomic E-state index is 13.3. The Labute approximate surface area is 229 Å². The Hall–Kier alpha value is -4.06. The molecule has 0 spiro atoms. The zero-order valence-electron chi connectivity index (χ0n) is 21.8. The number of benzene rings is 1. The van der Waals surface area contributed by atoms with Gasteiger partial charge >= 0.3 is 0 Å². The Balaban J connectivity index is 1.51. The third-order valence-electron chi connectivity index (χ3n) is 6.86. The zero-order chi connectivity index (χ0) is 27.5. The number of rotatable bonds is 4. The van der Waals surface area contributed by atoms with Gasteiger partial charge in [0.05, 0.1) is 6.04 Å². The number of amides is 3. The Morgan fingerprint density at radius 1 is 1.05 bits per heavy atom. The minimum atomic E-state index is -0.809. The fourth-order valence-electron chi connectivity index (χ4n) is 4.39. The molecular formula is C27H30N6O5S. The number of thiazole rings is 1. The third-order valence-corrected chi connectivity index (χ3v) is 7.79. The minimum absolute atomic E-state index is 0.0335. The number of nitrogens with zero attached hydrogens (tertiary/aromatic N) is 3. The molecule has 5 atom stereocenters. The number of fused-ring (bicyclic) bond motifs is 5. The topological polar surface area (TPSA) is 148 Å². The van der Waals surface area contributed by atoms with Crippen LogP contribution in [0, 0.1) is 5.92 Å². The number of aromatic nitrogens is 2. The van der Waals surface area contributed by atoms with Gasteiger partial charge < -0.3 is 25.1 Å². The lowest BCUT2D eigenvalue weighted by Crippen LogP contribution is -2.43. The summed E-state index contributed by atoms with van der Waals surface area (Å²) in [5.41, 5.74) is 1.28. The summed E-state index contributed by atoms with van der Waals surface area (Å²) in [7, 11) is 0. The lowest BCUT2D eigenvalue weighted by atomic mass is 9.99. The van der Waals surface area contributed by atoms with Crippen LogP contribution in [0.25, 0.3) is 0 Å². The van der Waals surface area contributed by atoms with Crippen molar-refractivity contribution in [2.45, 2.75) is 57.8 Å². The van der Waals surface area contributed by atoms with Gasteiger partial charge in [-0.15, -0.1) is 11.3 Å². The molecule has 3 N–H and O–H groups in total. The van der Waals surface area contributed by atoms with Crippen LogP contribution in [0.5, 0.6) is 0 Å². The predicted octanol–water partition coefficient (Wildman–Crippen LogP) is 2.98. The van der Waals surface area contributed by atoms with Crippen molar-refractivity contribution in [3.63, 3.8) is 0 Å². The smallest absolute Gasteiger partial charge is 0.273 e. The molecule has 12 heteroatoms. The first-order valence-corrected chi connectivity index (χ1v) is 13.8. The fourth-order valence-corrected chi connectivity index (χ4v) is 5.38. The summed E-state index contributed by atoms with van der Waals surface area (Å²) in [6.45, 7) is 5.77. The molecule has 5 rings (SSSR count). The Kier molecular flexibility index (Phi) is 7.73. The SMILES string of the molecule is CC[C@H](C)[C@H]1NC(=O)c2coc(n2)[C@H](C)NC(=O)[C@H]2COC(=N2)[C@@H](Cc2ccccc2)NC(=O)c2csc1n2. The first-order chi connectivity index (χ1) is 18.8. The van der Waals surface area contributed by atoms with Gasteiger partial charge in [-0.25, -0.2) is 15.0 Å². The van der Waals surface area contributed by atoms with Crippen molar-refractivity contribution >= 4 is 35.0 Å². The highest BCUT2D eigenvalue weighted by atomic mass is 32.1. The molecule has 0 radical (unpaired) electrons. The van der Waals surface area contributed by atoms with E-state index in [1.54, 1.807) is 12.3 Å². The van der Waals surface area contributed by atoms with E-state index in [4.69, 9.17) is 9.15 Å². The number of hydrogen-bond donors (Lipinski definition) is 3. The Morgan fingerprint density at radius 2 is 1.82 bits per heavy atom. The van der Waals surface area contributed by atoms with Crippen LogP contribution in [0.3, 0.4) is 0 Å². The van der Waals surface area contributed by atoms with Gasteiger partial charge in [-0.1, -0.05) is 50.6 Å². The van der Waals surface area contributed by atoms with Gasteiger partial charge in [0.1, 0.15) is 35.7 Å².